The largest absolute Gasteiger partial charge is 0.497 e. The van der Waals surface area contributed by atoms with E-state index in [0.717, 1.165) is 19.9 Å². The maximum absolute atomic E-state index is 14.1. The Morgan fingerprint density at radius 1 is 0.927 bits per heavy atom. The second-order valence-electron chi connectivity index (χ2n) is 9.85. The van der Waals surface area contributed by atoms with Gasteiger partial charge in [-0.05, 0) is 69.7 Å². The predicted molar refractivity (Wildman–Crippen MR) is 163 cm³/mol. The van der Waals surface area contributed by atoms with Crippen LogP contribution in [-0.4, -0.2) is 58.0 Å². The van der Waals surface area contributed by atoms with Gasteiger partial charge in [-0.2, -0.15) is 0 Å². The number of benzene rings is 3. The van der Waals surface area contributed by atoms with E-state index in [1.165, 1.54) is 37.3 Å². The Bertz CT molecular complexity index is 1460. The van der Waals surface area contributed by atoms with Crippen LogP contribution in [0.2, 0.25) is 0 Å². The first-order valence-corrected chi connectivity index (χ1v) is 15.3. The number of carbonyl (C=O) groups excluding carboxylic acids is 2. The van der Waals surface area contributed by atoms with Crippen molar-refractivity contribution in [3.63, 3.8) is 0 Å². The van der Waals surface area contributed by atoms with E-state index in [1.807, 2.05) is 45.0 Å². The summed E-state index contributed by atoms with van der Waals surface area (Å²) < 4.78 is 40.9. The Balaban J connectivity index is 2.12. The van der Waals surface area contributed by atoms with E-state index in [0.29, 0.717) is 5.75 Å². The summed E-state index contributed by atoms with van der Waals surface area (Å²) in [7, 11) is -1.38. The Morgan fingerprint density at radius 2 is 1.56 bits per heavy atom. The fourth-order valence-corrected chi connectivity index (χ4v) is 5.80. The van der Waals surface area contributed by atoms with Crippen molar-refractivity contribution in [3.05, 3.63) is 82.3 Å². The Kier molecular flexibility index (Phi) is 10.8. The first-order chi connectivity index (χ1) is 19.4. The van der Waals surface area contributed by atoms with Crippen LogP contribution in [0, 0.1) is 6.92 Å². The highest BCUT2D eigenvalue weighted by molar-refractivity contribution is 9.10. The Hall–Kier alpha value is -3.57. The van der Waals surface area contributed by atoms with Gasteiger partial charge in [0.2, 0.25) is 11.8 Å². The summed E-state index contributed by atoms with van der Waals surface area (Å²) in [6.07, 6.45) is 0. The molecule has 11 heteroatoms. The summed E-state index contributed by atoms with van der Waals surface area (Å²) in [6, 6.07) is 17.4. The quantitative estimate of drug-likeness (QED) is 0.300. The number of hydrogen-bond acceptors (Lipinski definition) is 6. The van der Waals surface area contributed by atoms with Crippen LogP contribution in [-0.2, 0) is 26.2 Å². The van der Waals surface area contributed by atoms with Gasteiger partial charge in [0.05, 0.1) is 24.8 Å². The van der Waals surface area contributed by atoms with Gasteiger partial charge in [0.15, 0.2) is 0 Å². The lowest BCUT2D eigenvalue weighted by Gasteiger charge is -2.32. The number of halogens is 1. The van der Waals surface area contributed by atoms with Gasteiger partial charge >= 0.3 is 0 Å². The summed E-state index contributed by atoms with van der Waals surface area (Å²) in [5, 5.41) is 2.84. The first kappa shape index (κ1) is 32.0. The third-order valence-corrected chi connectivity index (χ3v) is 8.71. The molecule has 1 unspecified atom stereocenters. The smallest absolute Gasteiger partial charge is 0.264 e. The molecule has 2 amide bonds. The third-order valence-electron chi connectivity index (χ3n) is 6.41. The van der Waals surface area contributed by atoms with E-state index in [-0.39, 0.29) is 34.8 Å². The number of sulfonamides is 1. The molecule has 0 bridgehead atoms. The molecule has 1 N–H and O–H groups in total. The van der Waals surface area contributed by atoms with Crippen molar-refractivity contribution in [2.24, 2.45) is 0 Å². The molecule has 41 heavy (non-hydrogen) atoms. The van der Waals surface area contributed by atoms with Gasteiger partial charge in [0.1, 0.15) is 24.1 Å². The van der Waals surface area contributed by atoms with Crippen LogP contribution in [0.15, 0.2) is 76.1 Å². The second-order valence-corrected chi connectivity index (χ2v) is 12.6. The molecule has 0 saturated heterocycles. The normalized spacial score (nSPS) is 12.0. The molecule has 220 valence electrons. The lowest BCUT2D eigenvalue weighted by atomic mass is 10.1. The van der Waals surface area contributed by atoms with Crippen LogP contribution in [0.5, 0.6) is 11.5 Å². The number of aryl methyl sites for hydroxylation is 1. The van der Waals surface area contributed by atoms with Crippen LogP contribution < -0.4 is 19.1 Å². The summed E-state index contributed by atoms with van der Waals surface area (Å²) in [6.45, 7) is 6.64. The SMILES string of the molecule is COc1ccc(OC)c(N(CC(=O)N(Cc2ccc(Br)cc2)C(C)C(=O)NC(C)C)S(=O)(=O)c2ccc(C)cc2)c1. The van der Waals surface area contributed by atoms with Crippen molar-refractivity contribution in [1.82, 2.24) is 10.2 Å². The lowest BCUT2D eigenvalue weighted by Crippen LogP contribution is -2.52. The minimum absolute atomic E-state index is 0.00540. The number of anilines is 1. The summed E-state index contributed by atoms with van der Waals surface area (Å²) in [5.74, 6) is -0.301. The number of carbonyl (C=O) groups is 2. The van der Waals surface area contributed by atoms with E-state index < -0.39 is 28.5 Å². The zero-order valence-corrected chi connectivity index (χ0v) is 26.5. The average molecular weight is 647 g/mol. The minimum atomic E-state index is -4.26. The van der Waals surface area contributed by atoms with Crippen molar-refractivity contribution < 1.29 is 27.5 Å². The standard InChI is InChI=1S/C30H36BrN3O6S/c1-20(2)32-30(36)22(4)33(18-23-9-11-24(31)12-10-23)29(35)19-34(27-17-25(39-5)13-16-28(27)40-6)41(37,38)26-14-7-21(3)8-15-26/h7-17,20,22H,18-19H2,1-6H3,(H,32,36). The predicted octanol–water partition coefficient (Wildman–Crippen LogP) is 4.91. The van der Waals surface area contributed by atoms with Crippen LogP contribution in [0.1, 0.15) is 31.9 Å². The molecule has 9 nitrogen and oxygen atoms in total. The van der Waals surface area contributed by atoms with E-state index in [2.05, 4.69) is 21.2 Å². The molecule has 0 aliphatic heterocycles. The fourth-order valence-electron chi connectivity index (χ4n) is 4.12. The molecule has 0 radical (unpaired) electrons. The molecule has 3 rings (SSSR count). The van der Waals surface area contributed by atoms with Crippen LogP contribution in [0.4, 0.5) is 5.69 Å². The number of methoxy groups -OCH3 is 2. The van der Waals surface area contributed by atoms with Crippen LogP contribution in [0.3, 0.4) is 0 Å². The number of amides is 2. The van der Waals surface area contributed by atoms with Gasteiger partial charge in [-0.15, -0.1) is 0 Å². The van der Waals surface area contributed by atoms with Gasteiger partial charge in [0, 0.05) is 23.1 Å². The zero-order chi connectivity index (χ0) is 30.3. The number of hydrogen-bond donors (Lipinski definition) is 1. The number of ether oxygens (including phenoxy) is 2. The Labute approximate surface area is 250 Å². The van der Waals surface area contributed by atoms with Crippen molar-refractivity contribution in [2.45, 2.75) is 51.2 Å². The monoisotopic (exact) mass is 645 g/mol. The highest BCUT2D eigenvalue weighted by atomic mass is 79.9. The van der Waals surface area contributed by atoms with Gasteiger partial charge in [0.25, 0.3) is 10.0 Å². The molecule has 0 aromatic heterocycles. The van der Waals surface area contributed by atoms with Crippen molar-refractivity contribution in [2.75, 3.05) is 25.1 Å². The minimum Gasteiger partial charge on any atom is -0.497 e. The number of nitrogens with zero attached hydrogens (tertiary/aromatic N) is 2. The first-order valence-electron chi connectivity index (χ1n) is 13.0. The van der Waals surface area contributed by atoms with E-state index in [4.69, 9.17) is 9.47 Å². The highest BCUT2D eigenvalue weighted by Gasteiger charge is 2.34. The maximum Gasteiger partial charge on any atom is 0.264 e. The molecule has 0 aliphatic rings. The van der Waals surface area contributed by atoms with Gasteiger partial charge in [-0.3, -0.25) is 13.9 Å². The lowest BCUT2D eigenvalue weighted by molar-refractivity contribution is -0.139. The summed E-state index contributed by atoms with van der Waals surface area (Å²) in [4.78, 5) is 28.5. The molecule has 0 fully saturated rings. The van der Waals surface area contributed by atoms with Gasteiger partial charge < -0.3 is 19.7 Å². The number of rotatable bonds is 12. The summed E-state index contributed by atoms with van der Waals surface area (Å²) >= 11 is 3.41. The number of nitrogens with one attached hydrogen (secondary N) is 1. The van der Waals surface area contributed by atoms with Gasteiger partial charge in [-0.25, -0.2) is 8.42 Å². The molecule has 3 aromatic carbocycles. The van der Waals surface area contributed by atoms with Crippen LogP contribution in [0.25, 0.3) is 0 Å². The molecule has 3 aromatic rings. The zero-order valence-electron chi connectivity index (χ0n) is 24.0. The maximum atomic E-state index is 14.1. The average Bonchev–Trinajstić information content (AvgIpc) is 2.94. The van der Waals surface area contributed by atoms with Crippen molar-refractivity contribution in [1.29, 1.82) is 0 Å². The molecule has 0 spiro atoms. The van der Waals surface area contributed by atoms with Crippen LogP contribution >= 0.6 is 15.9 Å². The Morgan fingerprint density at radius 3 is 2.12 bits per heavy atom. The second kappa shape index (κ2) is 13.9. The van der Waals surface area contributed by atoms with E-state index in [1.54, 1.807) is 31.2 Å². The van der Waals surface area contributed by atoms with Gasteiger partial charge in [-0.1, -0.05) is 45.8 Å². The molecular formula is C30H36BrN3O6S. The van der Waals surface area contributed by atoms with Crippen molar-refractivity contribution >= 4 is 43.5 Å². The molecule has 0 aliphatic carbocycles. The topological polar surface area (TPSA) is 105 Å². The molecule has 0 heterocycles. The summed E-state index contributed by atoms with van der Waals surface area (Å²) in [5.41, 5.74) is 1.79. The van der Waals surface area contributed by atoms with E-state index >= 15 is 0 Å². The molecular weight excluding hydrogens is 610 g/mol. The highest BCUT2D eigenvalue weighted by Crippen LogP contribution is 2.36. The van der Waals surface area contributed by atoms with Crippen molar-refractivity contribution in [3.8, 4) is 11.5 Å². The molecule has 0 saturated carbocycles. The molecule has 1 atom stereocenters. The van der Waals surface area contributed by atoms with E-state index in [9.17, 15) is 18.0 Å². The third kappa shape index (κ3) is 8.01. The fraction of sp³-hybridized carbons (Fsp3) is 0.333.